The molecule has 2 heterocycles. The van der Waals surface area contributed by atoms with Gasteiger partial charge in [0, 0.05) is 6.20 Å². The van der Waals surface area contributed by atoms with Gasteiger partial charge in [0.15, 0.2) is 5.75 Å². The molecule has 1 aromatic rings. The Morgan fingerprint density at radius 1 is 1.67 bits per heavy atom. The van der Waals surface area contributed by atoms with Gasteiger partial charge in [-0.2, -0.15) is 0 Å². The maximum absolute atomic E-state index is 10.9. The van der Waals surface area contributed by atoms with Crippen LogP contribution < -0.4 is 4.74 Å². The molecule has 1 aliphatic rings. The molecular weight excluding hydrogens is 174 g/mol. The molecule has 0 bridgehead atoms. The fraction of sp³-hybridized carbons (Fsp3) is 0.250. The maximum Gasteiger partial charge on any atom is 0.317 e. The lowest BCUT2D eigenvalue weighted by Crippen LogP contribution is -2.00. The Bertz CT molecular complexity index is 338. The maximum atomic E-state index is 10.9. The van der Waals surface area contributed by atoms with E-state index < -0.39 is 0 Å². The van der Waals surface area contributed by atoms with Crippen molar-refractivity contribution < 1.29 is 9.53 Å². The van der Waals surface area contributed by atoms with Crippen LogP contribution in [-0.4, -0.2) is 17.2 Å². The Kier molecular flexibility index (Phi) is 1.77. The van der Waals surface area contributed by atoms with Gasteiger partial charge in [-0.25, -0.2) is 0 Å². The van der Waals surface area contributed by atoms with Crippen molar-refractivity contribution in [1.82, 2.24) is 4.98 Å². The van der Waals surface area contributed by atoms with Crippen LogP contribution in [0.2, 0.25) is 0 Å². The molecule has 0 N–H and O–H groups in total. The number of fused-ring (bicyclic) bond motifs is 1. The molecule has 0 saturated carbocycles. The molecule has 0 unspecified atom stereocenters. The van der Waals surface area contributed by atoms with Crippen molar-refractivity contribution in [3.63, 3.8) is 0 Å². The smallest absolute Gasteiger partial charge is 0.317 e. The van der Waals surface area contributed by atoms with Gasteiger partial charge >= 0.3 is 5.97 Å². The molecule has 0 spiro atoms. The van der Waals surface area contributed by atoms with Crippen molar-refractivity contribution in [2.75, 3.05) is 6.26 Å². The standard InChI is InChI=1S/C8H7NO2S/c1-12-6-2-3-9-5-4-7(10)11-8(5)6/h2-3H,4H2,1H3. The minimum atomic E-state index is -0.209. The first-order valence-electron chi connectivity index (χ1n) is 3.54. The third-order valence-corrected chi connectivity index (χ3v) is 2.45. The Morgan fingerprint density at radius 3 is 3.25 bits per heavy atom. The van der Waals surface area contributed by atoms with E-state index >= 15 is 0 Å². The van der Waals surface area contributed by atoms with Crippen molar-refractivity contribution >= 4 is 17.7 Å². The number of hydrogen-bond donors (Lipinski definition) is 0. The Balaban J connectivity index is 2.51. The molecule has 12 heavy (non-hydrogen) atoms. The van der Waals surface area contributed by atoms with E-state index in [0.29, 0.717) is 12.2 Å². The number of rotatable bonds is 1. The van der Waals surface area contributed by atoms with Crippen LogP contribution in [0, 0.1) is 0 Å². The van der Waals surface area contributed by atoms with Crippen LogP contribution in [0.4, 0.5) is 0 Å². The third kappa shape index (κ3) is 1.08. The van der Waals surface area contributed by atoms with E-state index in [0.717, 1.165) is 10.6 Å². The summed E-state index contributed by atoms with van der Waals surface area (Å²) in [6, 6.07) is 1.85. The lowest BCUT2D eigenvalue weighted by Gasteiger charge is -2.01. The van der Waals surface area contributed by atoms with Crippen LogP contribution in [0.25, 0.3) is 0 Å². The Labute approximate surface area is 74.1 Å². The molecule has 0 aliphatic carbocycles. The van der Waals surface area contributed by atoms with Gasteiger partial charge in [-0.05, 0) is 12.3 Å². The van der Waals surface area contributed by atoms with E-state index in [1.807, 2.05) is 12.3 Å². The molecule has 3 nitrogen and oxygen atoms in total. The lowest BCUT2D eigenvalue weighted by atomic mass is 10.3. The van der Waals surface area contributed by atoms with Crippen molar-refractivity contribution in [3.05, 3.63) is 18.0 Å². The van der Waals surface area contributed by atoms with Crippen LogP contribution >= 0.6 is 11.8 Å². The molecule has 4 heteroatoms. The molecule has 1 aliphatic heterocycles. The molecule has 0 atom stereocenters. The summed E-state index contributed by atoms with van der Waals surface area (Å²) >= 11 is 1.56. The third-order valence-electron chi connectivity index (χ3n) is 1.69. The summed E-state index contributed by atoms with van der Waals surface area (Å²) in [5, 5.41) is 0. The lowest BCUT2D eigenvalue weighted by molar-refractivity contribution is -0.132. The predicted molar refractivity (Wildman–Crippen MR) is 45.4 cm³/mol. The second-order valence-electron chi connectivity index (χ2n) is 2.44. The first-order valence-corrected chi connectivity index (χ1v) is 4.76. The van der Waals surface area contributed by atoms with Crippen LogP contribution in [0.1, 0.15) is 5.69 Å². The number of ether oxygens (including phenoxy) is 1. The number of aromatic nitrogens is 1. The molecule has 0 radical (unpaired) electrons. The van der Waals surface area contributed by atoms with Gasteiger partial charge in [0.25, 0.3) is 0 Å². The van der Waals surface area contributed by atoms with E-state index in [4.69, 9.17) is 4.74 Å². The molecule has 0 saturated heterocycles. The van der Waals surface area contributed by atoms with Gasteiger partial charge in [0.1, 0.15) is 0 Å². The summed E-state index contributed by atoms with van der Waals surface area (Å²) in [4.78, 5) is 15.9. The Hall–Kier alpha value is -1.03. The summed E-state index contributed by atoms with van der Waals surface area (Å²) in [6.45, 7) is 0. The van der Waals surface area contributed by atoms with E-state index in [2.05, 4.69) is 4.98 Å². The van der Waals surface area contributed by atoms with Crippen molar-refractivity contribution in [1.29, 1.82) is 0 Å². The number of pyridine rings is 1. The van der Waals surface area contributed by atoms with E-state index in [-0.39, 0.29) is 5.97 Å². The van der Waals surface area contributed by atoms with Crippen LogP contribution in [0.3, 0.4) is 0 Å². The molecule has 0 fully saturated rings. The Morgan fingerprint density at radius 2 is 2.50 bits per heavy atom. The van der Waals surface area contributed by atoms with E-state index in [1.165, 1.54) is 0 Å². The minimum Gasteiger partial charge on any atom is -0.423 e. The predicted octanol–water partition coefficient (Wildman–Crippen LogP) is 1.27. The first-order chi connectivity index (χ1) is 5.81. The quantitative estimate of drug-likeness (QED) is 0.483. The second kappa shape index (κ2) is 2.79. The highest BCUT2D eigenvalue weighted by Crippen LogP contribution is 2.33. The zero-order valence-electron chi connectivity index (χ0n) is 6.53. The number of nitrogens with zero attached hydrogens (tertiary/aromatic N) is 1. The zero-order valence-corrected chi connectivity index (χ0v) is 7.35. The first kappa shape index (κ1) is 7.61. The van der Waals surface area contributed by atoms with E-state index in [1.54, 1.807) is 18.0 Å². The van der Waals surface area contributed by atoms with Crippen LogP contribution in [-0.2, 0) is 11.2 Å². The second-order valence-corrected chi connectivity index (χ2v) is 3.29. The summed E-state index contributed by atoms with van der Waals surface area (Å²) in [5.41, 5.74) is 0.756. The van der Waals surface area contributed by atoms with Crippen molar-refractivity contribution in [3.8, 4) is 5.75 Å². The van der Waals surface area contributed by atoms with Gasteiger partial charge in [0.2, 0.25) is 0 Å². The fourth-order valence-electron chi connectivity index (χ4n) is 1.15. The van der Waals surface area contributed by atoms with Gasteiger partial charge in [-0.1, -0.05) is 0 Å². The molecule has 0 amide bonds. The monoisotopic (exact) mass is 181 g/mol. The summed E-state index contributed by atoms with van der Waals surface area (Å²) in [6.07, 6.45) is 3.96. The summed E-state index contributed by atoms with van der Waals surface area (Å²) < 4.78 is 5.01. The SMILES string of the molecule is CSc1ccnc2c1OC(=O)C2. The molecule has 1 aromatic heterocycles. The highest BCUT2D eigenvalue weighted by atomic mass is 32.2. The number of hydrogen-bond acceptors (Lipinski definition) is 4. The van der Waals surface area contributed by atoms with Gasteiger partial charge in [0.05, 0.1) is 17.0 Å². The van der Waals surface area contributed by atoms with Gasteiger partial charge in [-0.3, -0.25) is 9.78 Å². The molecule has 2 rings (SSSR count). The summed E-state index contributed by atoms with van der Waals surface area (Å²) in [5.74, 6) is 0.439. The zero-order chi connectivity index (χ0) is 8.55. The topological polar surface area (TPSA) is 39.2 Å². The average molecular weight is 181 g/mol. The minimum absolute atomic E-state index is 0.209. The number of carbonyl (C=O) groups is 1. The molecule has 0 aromatic carbocycles. The van der Waals surface area contributed by atoms with Crippen LogP contribution in [0.5, 0.6) is 5.75 Å². The largest absolute Gasteiger partial charge is 0.423 e. The number of carbonyl (C=O) groups excluding carboxylic acids is 1. The van der Waals surface area contributed by atoms with Crippen molar-refractivity contribution in [2.45, 2.75) is 11.3 Å². The number of thioether (sulfide) groups is 1. The van der Waals surface area contributed by atoms with Crippen LogP contribution in [0.15, 0.2) is 17.2 Å². The number of esters is 1. The normalized spacial score (nSPS) is 14.2. The summed E-state index contributed by atoms with van der Waals surface area (Å²) in [7, 11) is 0. The highest BCUT2D eigenvalue weighted by Gasteiger charge is 2.23. The van der Waals surface area contributed by atoms with Gasteiger partial charge < -0.3 is 4.74 Å². The molecule has 62 valence electrons. The van der Waals surface area contributed by atoms with Gasteiger partial charge in [-0.15, -0.1) is 11.8 Å². The highest BCUT2D eigenvalue weighted by molar-refractivity contribution is 7.98. The average Bonchev–Trinajstić information content (AvgIpc) is 2.44. The van der Waals surface area contributed by atoms with Crippen molar-refractivity contribution in [2.24, 2.45) is 0 Å². The van der Waals surface area contributed by atoms with E-state index in [9.17, 15) is 4.79 Å². The fourth-order valence-corrected chi connectivity index (χ4v) is 1.70. The molecular formula is C8H7NO2S.